The average Bonchev–Trinajstić information content (AvgIpc) is 2.33. The third-order valence-electron chi connectivity index (χ3n) is 2.33. The topological polar surface area (TPSA) is 29.1 Å². The molecule has 0 aliphatic rings. The number of anilines is 1. The molecular formula is C13H7Cl3FNO. The monoisotopic (exact) mass is 317 g/mol. The van der Waals surface area contributed by atoms with Crippen molar-refractivity contribution in [2.75, 3.05) is 5.32 Å². The van der Waals surface area contributed by atoms with Gasteiger partial charge < -0.3 is 5.32 Å². The summed E-state index contributed by atoms with van der Waals surface area (Å²) in [5.74, 6) is -1.01. The number of benzene rings is 2. The summed E-state index contributed by atoms with van der Waals surface area (Å²) in [6, 6.07) is 8.20. The van der Waals surface area contributed by atoms with Crippen molar-refractivity contribution in [1.29, 1.82) is 0 Å². The third kappa shape index (κ3) is 3.38. The first-order valence-electron chi connectivity index (χ1n) is 5.19. The Hall–Kier alpha value is -1.29. The standard InChI is InChI=1S/C13H7Cl3FNO/c14-8-5-10(15)12(11(16)6-8)18-13(19)7-2-1-3-9(17)4-7/h1-6H,(H,18,19). The normalized spacial score (nSPS) is 10.3. The molecule has 6 heteroatoms. The Kier molecular flexibility index (Phi) is 4.30. The summed E-state index contributed by atoms with van der Waals surface area (Å²) in [7, 11) is 0. The van der Waals surface area contributed by atoms with E-state index in [0.29, 0.717) is 5.02 Å². The van der Waals surface area contributed by atoms with Crippen LogP contribution in [-0.2, 0) is 0 Å². The van der Waals surface area contributed by atoms with Crippen molar-refractivity contribution in [3.63, 3.8) is 0 Å². The third-order valence-corrected chi connectivity index (χ3v) is 3.15. The van der Waals surface area contributed by atoms with Crippen LogP contribution in [0.1, 0.15) is 10.4 Å². The second-order valence-corrected chi connectivity index (χ2v) is 4.96. The molecule has 1 amide bonds. The molecule has 0 radical (unpaired) electrons. The first kappa shape index (κ1) is 14.1. The number of amides is 1. The van der Waals surface area contributed by atoms with Gasteiger partial charge >= 0.3 is 0 Å². The van der Waals surface area contributed by atoms with E-state index < -0.39 is 11.7 Å². The molecule has 0 bridgehead atoms. The molecule has 2 aromatic carbocycles. The number of rotatable bonds is 2. The molecule has 2 nitrogen and oxygen atoms in total. The van der Waals surface area contributed by atoms with Crippen LogP contribution >= 0.6 is 34.8 Å². The first-order valence-corrected chi connectivity index (χ1v) is 6.32. The van der Waals surface area contributed by atoms with Crippen LogP contribution in [-0.4, -0.2) is 5.91 Å². The molecule has 0 atom stereocenters. The molecule has 0 saturated heterocycles. The minimum atomic E-state index is -0.509. The van der Waals surface area contributed by atoms with E-state index in [9.17, 15) is 9.18 Å². The highest BCUT2D eigenvalue weighted by molar-refractivity contribution is 6.42. The first-order chi connectivity index (χ1) is 8.97. The summed E-state index contributed by atoms with van der Waals surface area (Å²) in [6.45, 7) is 0. The van der Waals surface area contributed by atoms with Crippen molar-refractivity contribution in [2.45, 2.75) is 0 Å². The zero-order valence-corrected chi connectivity index (χ0v) is 11.7. The molecule has 2 rings (SSSR count). The Labute approximate surface area is 124 Å². The number of hydrogen-bond acceptors (Lipinski definition) is 1. The van der Waals surface area contributed by atoms with Crippen LogP contribution in [0.15, 0.2) is 36.4 Å². The molecular weight excluding hydrogens is 312 g/mol. The van der Waals surface area contributed by atoms with Gasteiger partial charge in [0.05, 0.1) is 15.7 Å². The minimum Gasteiger partial charge on any atom is -0.319 e. The maximum absolute atomic E-state index is 13.0. The van der Waals surface area contributed by atoms with E-state index in [-0.39, 0.29) is 21.3 Å². The summed E-state index contributed by atoms with van der Waals surface area (Å²) in [6.07, 6.45) is 0. The fourth-order valence-corrected chi connectivity index (χ4v) is 2.39. The Morgan fingerprint density at radius 3 is 2.26 bits per heavy atom. The van der Waals surface area contributed by atoms with Crippen LogP contribution in [0.2, 0.25) is 15.1 Å². The van der Waals surface area contributed by atoms with Gasteiger partial charge in [-0.05, 0) is 30.3 Å². The average molecular weight is 319 g/mol. The van der Waals surface area contributed by atoms with Crippen LogP contribution in [0, 0.1) is 5.82 Å². The molecule has 0 heterocycles. The Morgan fingerprint density at radius 1 is 1.05 bits per heavy atom. The largest absolute Gasteiger partial charge is 0.319 e. The van der Waals surface area contributed by atoms with Gasteiger partial charge in [0.25, 0.3) is 5.91 Å². The highest BCUT2D eigenvalue weighted by Crippen LogP contribution is 2.33. The van der Waals surface area contributed by atoms with Crippen LogP contribution in [0.25, 0.3) is 0 Å². The summed E-state index contributed by atoms with van der Waals surface area (Å²) >= 11 is 17.6. The number of hydrogen-bond donors (Lipinski definition) is 1. The van der Waals surface area contributed by atoms with Crippen molar-refractivity contribution >= 4 is 46.4 Å². The molecule has 0 fully saturated rings. The molecule has 0 aromatic heterocycles. The van der Waals surface area contributed by atoms with E-state index in [0.717, 1.165) is 6.07 Å². The van der Waals surface area contributed by atoms with Gasteiger partial charge in [-0.25, -0.2) is 4.39 Å². The molecule has 0 aliphatic carbocycles. The smallest absolute Gasteiger partial charge is 0.255 e. The number of carbonyl (C=O) groups is 1. The molecule has 0 saturated carbocycles. The number of nitrogens with one attached hydrogen (secondary N) is 1. The van der Waals surface area contributed by atoms with Crippen LogP contribution < -0.4 is 5.32 Å². The van der Waals surface area contributed by atoms with E-state index >= 15 is 0 Å². The summed E-state index contributed by atoms with van der Waals surface area (Å²) in [4.78, 5) is 11.9. The summed E-state index contributed by atoms with van der Waals surface area (Å²) < 4.78 is 13.0. The maximum Gasteiger partial charge on any atom is 0.255 e. The highest BCUT2D eigenvalue weighted by atomic mass is 35.5. The second-order valence-electron chi connectivity index (χ2n) is 3.71. The molecule has 1 N–H and O–H groups in total. The fourth-order valence-electron chi connectivity index (χ4n) is 1.48. The molecule has 0 aliphatic heterocycles. The van der Waals surface area contributed by atoms with Gasteiger partial charge in [0, 0.05) is 10.6 Å². The maximum atomic E-state index is 13.0. The van der Waals surface area contributed by atoms with E-state index in [4.69, 9.17) is 34.8 Å². The lowest BCUT2D eigenvalue weighted by atomic mass is 10.2. The molecule has 0 unspecified atom stereocenters. The zero-order chi connectivity index (χ0) is 14.0. The van der Waals surface area contributed by atoms with Crippen molar-refractivity contribution in [1.82, 2.24) is 0 Å². The van der Waals surface area contributed by atoms with Gasteiger partial charge in [-0.1, -0.05) is 40.9 Å². The van der Waals surface area contributed by atoms with Gasteiger partial charge in [0.2, 0.25) is 0 Å². The summed E-state index contributed by atoms with van der Waals surface area (Å²) in [5, 5.41) is 3.30. The van der Waals surface area contributed by atoms with Crippen molar-refractivity contribution in [2.24, 2.45) is 0 Å². The molecule has 2 aromatic rings. The van der Waals surface area contributed by atoms with E-state index in [1.54, 1.807) is 0 Å². The Bertz CT molecular complexity index is 623. The van der Waals surface area contributed by atoms with Crippen LogP contribution in [0.4, 0.5) is 10.1 Å². The second kappa shape index (κ2) is 5.78. The van der Waals surface area contributed by atoms with Crippen LogP contribution in [0.3, 0.4) is 0 Å². The fraction of sp³-hybridized carbons (Fsp3) is 0. The lowest BCUT2D eigenvalue weighted by Gasteiger charge is -2.09. The molecule has 0 spiro atoms. The SMILES string of the molecule is O=C(Nc1c(Cl)cc(Cl)cc1Cl)c1cccc(F)c1. The quantitative estimate of drug-likeness (QED) is 0.826. The molecule has 19 heavy (non-hydrogen) atoms. The van der Waals surface area contributed by atoms with Crippen LogP contribution in [0.5, 0.6) is 0 Å². The van der Waals surface area contributed by atoms with Gasteiger partial charge in [-0.15, -0.1) is 0 Å². The van der Waals surface area contributed by atoms with Crippen molar-refractivity contribution in [3.05, 3.63) is 62.8 Å². The molecule has 98 valence electrons. The number of halogens is 4. The lowest BCUT2D eigenvalue weighted by molar-refractivity contribution is 0.102. The summed E-state index contributed by atoms with van der Waals surface area (Å²) in [5.41, 5.74) is 0.407. The Balaban J connectivity index is 2.29. The Morgan fingerprint density at radius 2 is 1.68 bits per heavy atom. The zero-order valence-electron chi connectivity index (χ0n) is 9.38. The van der Waals surface area contributed by atoms with E-state index in [1.807, 2.05) is 0 Å². The number of carbonyl (C=O) groups excluding carboxylic acids is 1. The van der Waals surface area contributed by atoms with Gasteiger partial charge in [-0.2, -0.15) is 0 Å². The van der Waals surface area contributed by atoms with E-state index in [2.05, 4.69) is 5.32 Å². The van der Waals surface area contributed by atoms with Gasteiger partial charge in [-0.3, -0.25) is 4.79 Å². The van der Waals surface area contributed by atoms with Gasteiger partial charge in [0.15, 0.2) is 0 Å². The minimum absolute atomic E-state index is 0.169. The highest BCUT2D eigenvalue weighted by Gasteiger charge is 2.13. The lowest BCUT2D eigenvalue weighted by Crippen LogP contribution is -2.12. The predicted molar refractivity (Wildman–Crippen MR) is 75.8 cm³/mol. The van der Waals surface area contributed by atoms with Crippen molar-refractivity contribution in [3.8, 4) is 0 Å². The van der Waals surface area contributed by atoms with Crippen molar-refractivity contribution < 1.29 is 9.18 Å². The predicted octanol–water partition coefficient (Wildman–Crippen LogP) is 5.04. The van der Waals surface area contributed by atoms with Gasteiger partial charge in [0.1, 0.15) is 5.82 Å². The van der Waals surface area contributed by atoms with E-state index in [1.165, 1.54) is 30.3 Å².